The SMILES string of the molecule is N=C(N=C(N)N)N1c2ccc(Cl)cc2CCCCCCc2cc(Cl)ccc21. The van der Waals surface area contributed by atoms with Crippen molar-refractivity contribution < 1.29 is 0 Å². The first kappa shape index (κ1) is 19.5. The lowest BCUT2D eigenvalue weighted by Crippen LogP contribution is -2.31. The summed E-state index contributed by atoms with van der Waals surface area (Å²) >= 11 is 12.5. The van der Waals surface area contributed by atoms with Crippen molar-refractivity contribution in [3.63, 3.8) is 0 Å². The molecule has 0 atom stereocenters. The molecule has 0 bridgehead atoms. The number of nitrogens with zero attached hydrogens (tertiary/aromatic N) is 2. The number of nitrogens with one attached hydrogen (secondary N) is 1. The number of hydrogen-bond donors (Lipinski definition) is 3. The minimum absolute atomic E-state index is 0.0404. The summed E-state index contributed by atoms with van der Waals surface area (Å²) in [7, 11) is 0. The van der Waals surface area contributed by atoms with Crippen molar-refractivity contribution in [3.8, 4) is 0 Å². The maximum Gasteiger partial charge on any atom is 0.230 e. The molecule has 5 nitrogen and oxygen atoms in total. The number of halogens is 2. The van der Waals surface area contributed by atoms with E-state index in [4.69, 9.17) is 40.1 Å². The van der Waals surface area contributed by atoms with E-state index in [1.807, 2.05) is 36.4 Å². The third-order valence-corrected chi connectivity index (χ3v) is 5.12. The Kier molecular flexibility index (Phi) is 6.24. The van der Waals surface area contributed by atoms with Crippen LogP contribution in [0.3, 0.4) is 0 Å². The predicted molar refractivity (Wildman–Crippen MR) is 114 cm³/mol. The molecule has 27 heavy (non-hydrogen) atoms. The van der Waals surface area contributed by atoms with Crippen LogP contribution in [-0.4, -0.2) is 11.9 Å². The van der Waals surface area contributed by atoms with E-state index in [0.29, 0.717) is 10.0 Å². The van der Waals surface area contributed by atoms with E-state index in [-0.39, 0.29) is 11.9 Å². The van der Waals surface area contributed by atoms with Crippen molar-refractivity contribution in [1.29, 1.82) is 5.41 Å². The van der Waals surface area contributed by atoms with Gasteiger partial charge in [0.25, 0.3) is 0 Å². The molecule has 0 aromatic heterocycles. The zero-order valence-corrected chi connectivity index (χ0v) is 16.5. The molecule has 0 unspecified atom stereocenters. The van der Waals surface area contributed by atoms with Crippen molar-refractivity contribution >= 4 is 46.5 Å². The van der Waals surface area contributed by atoms with Crippen LogP contribution in [0.5, 0.6) is 0 Å². The molecular weight excluding hydrogens is 381 g/mol. The van der Waals surface area contributed by atoms with Crippen LogP contribution in [0, 0.1) is 5.41 Å². The van der Waals surface area contributed by atoms with Gasteiger partial charge >= 0.3 is 0 Å². The number of fused-ring (bicyclic) bond motifs is 2. The summed E-state index contributed by atoms with van der Waals surface area (Å²) in [5.41, 5.74) is 15.0. The summed E-state index contributed by atoms with van der Waals surface area (Å²) in [5, 5.41) is 9.89. The second kappa shape index (κ2) is 8.63. The molecule has 0 aliphatic carbocycles. The molecule has 0 saturated carbocycles. The Morgan fingerprint density at radius 3 is 1.78 bits per heavy atom. The Morgan fingerprint density at radius 2 is 1.33 bits per heavy atom. The molecular formula is C20H23Cl2N5. The van der Waals surface area contributed by atoms with Crippen LogP contribution in [0.1, 0.15) is 36.8 Å². The lowest BCUT2D eigenvalue weighted by atomic mass is 10.0. The third-order valence-electron chi connectivity index (χ3n) is 4.65. The smallest absolute Gasteiger partial charge is 0.230 e. The van der Waals surface area contributed by atoms with E-state index >= 15 is 0 Å². The lowest BCUT2D eigenvalue weighted by Gasteiger charge is -2.28. The molecule has 1 aliphatic heterocycles. The van der Waals surface area contributed by atoms with Crippen molar-refractivity contribution in [2.45, 2.75) is 38.5 Å². The number of anilines is 2. The van der Waals surface area contributed by atoms with Crippen LogP contribution in [-0.2, 0) is 12.8 Å². The fraction of sp³-hybridized carbons (Fsp3) is 0.300. The van der Waals surface area contributed by atoms with Crippen LogP contribution >= 0.6 is 23.2 Å². The van der Waals surface area contributed by atoms with Gasteiger partial charge in [-0.15, -0.1) is 0 Å². The maximum absolute atomic E-state index is 8.54. The van der Waals surface area contributed by atoms with Gasteiger partial charge in [0, 0.05) is 10.0 Å². The van der Waals surface area contributed by atoms with Crippen molar-refractivity contribution in [3.05, 3.63) is 57.6 Å². The molecule has 0 radical (unpaired) electrons. The minimum atomic E-state index is -0.152. The molecule has 0 spiro atoms. The quantitative estimate of drug-likeness (QED) is 0.426. The van der Waals surface area contributed by atoms with Gasteiger partial charge in [-0.2, -0.15) is 4.99 Å². The molecule has 7 heteroatoms. The van der Waals surface area contributed by atoms with Gasteiger partial charge in [-0.3, -0.25) is 10.3 Å². The predicted octanol–water partition coefficient (Wildman–Crippen LogP) is 5.00. The first-order valence-electron chi connectivity index (χ1n) is 9.01. The first-order chi connectivity index (χ1) is 13.0. The van der Waals surface area contributed by atoms with Gasteiger partial charge in [0.2, 0.25) is 5.96 Å². The van der Waals surface area contributed by atoms with Gasteiger partial charge in [-0.1, -0.05) is 36.0 Å². The van der Waals surface area contributed by atoms with E-state index in [1.54, 1.807) is 4.90 Å². The largest absolute Gasteiger partial charge is 0.370 e. The highest BCUT2D eigenvalue weighted by molar-refractivity contribution is 6.31. The number of hydrogen-bond acceptors (Lipinski definition) is 1. The molecule has 0 amide bonds. The van der Waals surface area contributed by atoms with E-state index in [1.165, 1.54) is 0 Å². The number of rotatable bonds is 0. The molecule has 2 aromatic rings. The van der Waals surface area contributed by atoms with Crippen LogP contribution < -0.4 is 16.4 Å². The highest BCUT2D eigenvalue weighted by Gasteiger charge is 2.22. The van der Waals surface area contributed by atoms with Gasteiger partial charge in [-0.25, -0.2) is 0 Å². The summed E-state index contributed by atoms with van der Waals surface area (Å²) in [6, 6.07) is 11.4. The zero-order valence-electron chi connectivity index (χ0n) is 15.0. The topological polar surface area (TPSA) is 91.5 Å². The minimum Gasteiger partial charge on any atom is -0.370 e. The summed E-state index contributed by atoms with van der Waals surface area (Å²) in [6.07, 6.45) is 6.18. The fourth-order valence-corrected chi connectivity index (χ4v) is 3.85. The Balaban J connectivity index is 2.23. The van der Waals surface area contributed by atoms with Crippen LogP contribution in [0.25, 0.3) is 0 Å². The number of aryl methyl sites for hydroxylation is 2. The average molecular weight is 404 g/mol. The van der Waals surface area contributed by atoms with Gasteiger partial charge in [0.15, 0.2) is 5.96 Å². The van der Waals surface area contributed by atoms with Crippen molar-refractivity contribution in [1.82, 2.24) is 0 Å². The summed E-state index contributed by atoms with van der Waals surface area (Å²) in [5.74, 6) is -0.193. The number of aliphatic imine (C=N–C) groups is 1. The highest BCUT2D eigenvalue weighted by atomic mass is 35.5. The molecule has 1 aliphatic rings. The molecule has 5 N–H and O–H groups in total. The maximum atomic E-state index is 8.54. The Bertz CT molecular complexity index is 817. The van der Waals surface area contributed by atoms with E-state index in [0.717, 1.165) is 61.0 Å². The molecule has 2 aromatic carbocycles. The van der Waals surface area contributed by atoms with Crippen molar-refractivity contribution in [2.24, 2.45) is 16.5 Å². The summed E-state index contributed by atoms with van der Waals surface area (Å²) < 4.78 is 0. The summed E-state index contributed by atoms with van der Waals surface area (Å²) in [6.45, 7) is 0. The van der Waals surface area contributed by atoms with Gasteiger partial charge in [0.05, 0.1) is 11.4 Å². The number of nitrogens with two attached hydrogens (primary N) is 2. The standard InChI is InChI=1S/C20H23Cl2N5/c21-15-7-9-17-13(11-15)5-3-1-2-4-6-14-12-16(22)8-10-18(14)27(17)20(25)26-19(23)24/h7-12H,1-6H2,(H5,23,24,25,26). The normalized spacial score (nSPS) is 14.5. The van der Waals surface area contributed by atoms with E-state index < -0.39 is 0 Å². The fourth-order valence-electron chi connectivity index (χ4n) is 3.46. The highest BCUT2D eigenvalue weighted by Crippen LogP contribution is 2.36. The van der Waals surface area contributed by atoms with Crippen LogP contribution in [0.2, 0.25) is 10.0 Å². The first-order valence-corrected chi connectivity index (χ1v) is 9.76. The van der Waals surface area contributed by atoms with Crippen LogP contribution in [0.15, 0.2) is 41.4 Å². The third kappa shape index (κ3) is 4.73. The zero-order chi connectivity index (χ0) is 19.4. The molecule has 142 valence electrons. The Morgan fingerprint density at radius 1 is 0.852 bits per heavy atom. The lowest BCUT2D eigenvalue weighted by molar-refractivity contribution is 0.642. The van der Waals surface area contributed by atoms with E-state index in [2.05, 4.69) is 4.99 Å². The summed E-state index contributed by atoms with van der Waals surface area (Å²) in [4.78, 5) is 5.79. The van der Waals surface area contributed by atoms with Crippen LogP contribution in [0.4, 0.5) is 11.4 Å². The number of benzene rings is 2. The molecule has 0 saturated heterocycles. The van der Waals surface area contributed by atoms with Gasteiger partial charge in [-0.05, 0) is 73.2 Å². The molecule has 1 heterocycles. The van der Waals surface area contributed by atoms with Gasteiger partial charge < -0.3 is 11.5 Å². The molecule has 0 fully saturated rings. The second-order valence-electron chi connectivity index (χ2n) is 6.66. The second-order valence-corrected chi connectivity index (χ2v) is 7.53. The van der Waals surface area contributed by atoms with Crippen molar-refractivity contribution in [2.75, 3.05) is 4.90 Å². The average Bonchev–Trinajstić information content (AvgIpc) is 2.63. The Labute approximate surface area is 169 Å². The monoisotopic (exact) mass is 403 g/mol. The van der Waals surface area contributed by atoms with E-state index in [9.17, 15) is 0 Å². The molecule has 3 rings (SSSR count). The number of guanidine groups is 2. The Hall–Kier alpha value is -2.24. The van der Waals surface area contributed by atoms with Gasteiger partial charge in [0.1, 0.15) is 0 Å².